The molecule has 0 N–H and O–H groups in total. The molecule has 6 aromatic rings. The van der Waals surface area contributed by atoms with Crippen molar-refractivity contribution >= 4 is 43.6 Å². The SMILES string of the molecule is Cc1ccc2c3ccnc(C)c3n(CCCCCCCCCn3c4cc(OC(C)C)ccc4c4ccnc(C)c43)c2c1. The minimum absolute atomic E-state index is 0.163. The van der Waals surface area contributed by atoms with E-state index >= 15 is 0 Å². The van der Waals surface area contributed by atoms with Crippen molar-refractivity contribution in [2.24, 2.45) is 0 Å². The van der Waals surface area contributed by atoms with E-state index in [4.69, 9.17) is 4.74 Å². The second kappa shape index (κ2) is 12.2. The number of ether oxygens (including phenoxy) is 1. The molecule has 0 unspecified atom stereocenters. The van der Waals surface area contributed by atoms with Crippen molar-refractivity contribution in [3.8, 4) is 5.75 Å². The Morgan fingerprint density at radius 1 is 0.595 bits per heavy atom. The molecule has 0 fully saturated rings. The van der Waals surface area contributed by atoms with E-state index in [1.165, 1.54) is 94.1 Å². The van der Waals surface area contributed by atoms with Gasteiger partial charge in [0.25, 0.3) is 0 Å². The highest BCUT2D eigenvalue weighted by molar-refractivity contribution is 6.09. The van der Waals surface area contributed by atoms with Gasteiger partial charge in [0.2, 0.25) is 0 Å². The average Bonchev–Trinajstić information content (AvgIpc) is 3.45. The maximum absolute atomic E-state index is 6.04. The first-order valence-electron chi connectivity index (χ1n) is 15.8. The normalized spacial score (nSPS) is 12.0. The monoisotopic (exact) mass is 560 g/mol. The van der Waals surface area contributed by atoms with Gasteiger partial charge in [-0.05, 0) is 83.4 Å². The number of unbranched alkanes of at least 4 members (excludes halogenated alkanes) is 6. The standard InChI is InChI=1S/C37H44N4O/c1-25(2)42-29-14-16-31-33-18-20-39-28(5)37(33)41(35(31)24-29)22-12-10-8-6-7-9-11-21-40-34-23-26(3)13-15-30(34)32-17-19-38-27(4)36(32)40/h13-20,23-25H,6-12,21-22H2,1-5H3. The number of aromatic nitrogens is 4. The minimum atomic E-state index is 0.163. The summed E-state index contributed by atoms with van der Waals surface area (Å²) in [5, 5.41) is 5.25. The summed E-state index contributed by atoms with van der Waals surface area (Å²) in [7, 11) is 0. The van der Waals surface area contributed by atoms with E-state index in [1.807, 2.05) is 12.4 Å². The van der Waals surface area contributed by atoms with Crippen LogP contribution in [0, 0.1) is 20.8 Å². The zero-order chi connectivity index (χ0) is 29.2. The van der Waals surface area contributed by atoms with Crippen LogP contribution in [0.3, 0.4) is 0 Å². The summed E-state index contributed by atoms with van der Waals surface area (Å²) in [4.78, 5) is 9.24. The Labute approximate surface area is 249 Å². The first kappa shape index (κ1) is 28.3. The molecule has 0 bridgehead atoms. The Balaban J connectivity index is 1.04. The first-order valence-corrected chi connectivity index (χ1v) is 15.8. The summed E-state index contributed by atoms with van der Waals surface area (Å²) in [6, 6.07) is 17.7. The predicted molar refractivity (Wildman–Crippen MR) is 177 cm³/mol. The molecule has 0 saturated carbocycles. The van der Waals surface area contributed by atoms with Crippen molar-refractivity contribution < 1.29 is 4.74 Å². The Morgan fingerprint density at radius 3 is 1.64 bits per heavy atom. The highest BCUT2D eigenvalue weighted by Gasteiger charge is 2.15. The van der Waals surface area contributed by atoms with Crippen molar-refractivity contribution in [3.63, 3.8) is 0 Å². The molecule has 0 saturated heterocycles. The Hall–Kier alpha value is -3.86. The van der Waals surface area contributed by atoms with E-state index in [0.29, 0.717) is 0 Å². The maximum atomic E-state index is 6.04. The first-order chi connectivity index (χ1) is 20.4. The Kier molecular flexibility index (Phi) is 8.19. The van der Waals surface area contributed by atoms with Crippen LogP contribution < -0.4 is 4.74 Å². The van der Waals surface area contributed by atoms with E-state index in [9.17, 15) is 0 Å². The van der Waals surface area contributed by atoms with Gasteiger partial charge in [0.15, 0.2) is 0 Å². The van der Waals surface area contributed by atoms with Gasteiger partial charge in [-0.15, -0.1) is 0 Å². The van der Waals surface area contributed by atoms with Gasteiger partial charge in [0.1, 0.15) is 5.75 Å². The van der Waals surface area contributed by atoms with Gasteiger partial charge >= 0.3 is 0 Å². The number of aryl methyl sites for hydroxylation is 5. The molecule has 0 atom stereocenters. The molecule has 0 spiro atoms. The van der Waals surface area contributed by atoms with Crippen molar-refractivity contribution in [1.29, 1.82) is 0 Å². The zero-order valence-corrected chi connectivity index (χ0v) is 25.9. The molecule has 5 nitrogen and oxygen atoms in total. The molecule has 2 aromatic carbocycles. The van der Waals surface area contributed by atoms with Crippen LogP contribution in [0.25, 0.3) is 43.6 Å². The lowest BCUT2D eigenvalue weighted by Crippen LogP contribution is -2.05. The van der Waals surface area contributed by atoms with E-state index in [1.54, 1.807) is 0 Å². The fourth-order valence-corrected chi connectivity index (χ4v) is 6.76. The molecule has 0 aliphatic rings. The highest BCUT2D eigenvalue weighted by Crippen LogP contribution is 2.34. The third-order valence-corrected chi connectivity index (χ3v) is 8.67. The topological polar surface area (TPSA) is 44.9 Å². The quantitative estimate of drug-likeness (QED) is 0.140. The molecular weight excluding hydrogens is 516 g/mol. The summed E-state index contributed by atoms with van der Waals surface area (Å²) >= 11 is 0. The lowest BCUT2D eigenvalue weighted by Gasteiger charge is -2.12. The molecule has 0 aliphatic heterocycles. The largest absolute Gasteiger partial charge is 0.491 e. The molecule has 4 aromatic heterocycles. The van der Waals surface area contributed by atoms with Gasteiger partial charge in [-0.1, -0.05) is 44.2 Å². The smallest absolute Gasteiger partial charge is 0.121 e. The molecule has 0 aliphatic carbocycles. The average molecular weight is 561 g/mol. The number of fused-ring (bicyclic) bond motifs is 6. The predicted octanol–water partition coefficient (Wildman–Crippen LogP) is 9.84. The summed E-state index contributed by atoms with van der Waals surface area (Å²) in [5.41, 5.74) is 8.70. The molecule has 5 heteroatoms. The van der Waals surface area contributed by atoms with Crippen molar-refractivity contribution in [3.05, 3.63) is 77.9 Å². The summed E-state index contributed by atoms with van der Waals surface area (Å²) in [6.45, 7) is 12.7. The molecule has 6 rings (SSSR count). The van der Waals surface area contributed by atoms with Gasteiger partial charge < -0.3 is 13.9 Å². The van der Waals surface area contributed by atoms with E-state index < -0.39 is 0 Å². The number of rotatable bonds is 12. The van der Waals surface area contributed by atoms with E-state index in [2.05, 4.69) is 102 Å². The van der Waals surface area contributed by atoms with Crippen LogP contribution in [0.2, 0.25) is 0 Å². The summed E-state index contributed by atoms with van der Waals surface area (Å²) in [6.07, 6.45) is 12.8. The zero-order valence-electron chi connectivity index (χ0n) is 25.9. The van der Waals surface area contributed by atoms with Gasteiger partial charge in [0, 0.05) is 58.6 Å². The second-order valence-electron chi connectivity index (χ2n) is 12.2. The molecule has 0 amide bonds. The van der Waals surface area contributed by atoms with Gasteiger partial charge in [-0.3, -0.25) is 9.97 Å². The molecule has 4 heterocycles. The maximum Gasteiger partial charge on any atom is 0.121 e. The van der Waals surface area contributed by atoms with E-state index in [-0.39, 0.29) is 6.10 Å². The molecule has 0 radical (unpaired) electrons. The number of benzene rings is 2. The van der Waals surface area contributed by atoms with Crippen LogP contribution in [-0.2, 0) is 13.1 Å². The molecular formula is C37H44N4O. The number of hydrogen-bond donors (Lipinski definition) is 0. The van der Waals surface area contributed by atoms with Crippen molar-refractivity contribution in [2.75, 3.05) is 0 Å². The van der Waals surface area contributed by atoms with Crippen LogP contribution >= 0.6 is 0 Å². The Morgan fingerprint density at radius 2 is 1.10 bits per heavy atom. The van der Waals surface area contributed by atoms with Crippen molar-refractivity contribution in [2.45, 2.75) is 98.8 Å². The van der Waals surface area contributed by atoms with Crippen LogP contribution in [-0.4, -0.2) is 25.2 Å². The van der Waals surface area contributed by atoms with Crippen LogP contribution in [0.15, 0.2) is 60.9 Å². The lowest BCUT2D eigenvalue weighted by molar-refractivity contribution is 0.242. The second-order valence-corrected chi connectivity index (χ2v) is 12.2. The third-order valence-electron chi connectivity index (χ3n) is 8.67. The van der Waals surface area contributed by atoms with E-state index in [0.717, 1.165) is 30.2 Å². The van der Waals surface area contributed by atoms with Gasteiger partial charge in [-0.25, -0.2) is 0 Å². The van der Waals surface area contributed by atoms with Crippen LogP contribution in [0.5, 0.6) is 5.75 Å². The number of hydrogen-bond acceptors (Lipinski definition) is 3. The van der Waals surface area contributed by atoms with Gasteiger partial charge in [0.05, 0.1) is 34.0 Å². The van der Waals surface area contributed by atoms with Gasteiger partial charge in [-0.2, -0.15) is 0 Å². The van der Waals surface area contributed by atoms with Crippen molar-refractivity contribution in [1.82, 2.24) is 19.1 Å². The highest BCUT2D eigenvalue weighted by atomic mass is 16.5. The lowest BCUT2D eigenvalue weighted by atomic mass is 10.1. The fourth-order valence-electron chi connectivity index (χ4n) is 6.76. The minimum Gasteiger partial charge on any atom is -0.491 e. The Bertz CT molecular complexity index is 1860. The van der Waals surface area contributed by atoms with Crippen LogP contribution in [0.1, 0.15) is 75.7 Å². The summed E-state index contributed by atoms with van der Waals surface area (Å²) < 4.78 is 11.0. The fraction of sp³-hybridized carbons (Fsp3) is 0.405. The number of nitrogens with zero attached hydrogens (tertiary/aromatic N) is 4. The number of pyridine rings is 2. The third kappa shape index (κ3) is 5.49. The van der Waals surface area contributed by atoms with Crippen LogP contribution in [0.4, 0.5) is 0 Å². The molecule has 42 heavy (non-hydrogen) atoms. The molecule has 218 valence electrons. The summed E-state index contributed by atoms with van der Waals surface area (Å²) in [5.74, 6) is 0.939.